The van der Waals surface area contributed by atoms with Gasteiger partial charge in [-0.3, -0.25) is 9.36 Å². The lowest BCUT2D eigenvalue weighted by Gasteiger charge is -2.44. The molecule has 35 heavy (non-hydrogen) atoms. The van der Waals surface area contributed by atoms with Gasteiger partial charge in [0.05, 0.1) is 24.8 Å². The van der Waals surface area contributed by atoms with Crippen LogP contribution < -0.4 is 16.4 Å². The standard InChI is InChI=1S/C26H28N4O5/c1-16-26(9-10-34-26)15-33-23(14-28-16)24(31)29-20(13-27)11-17-3-5-18(6-4-17)19-7-8-22-21(12-19)30(2)25(32)35-22/h3-8,12,16,20,23,28H,9-11,14-15H2,1-2H3,(H,29,31)/t16?,20?,23?,26-/m0/s1. The first-order valence-corrected chi connectivity index (χ1v) is 11.8. The third-order valence-electron chi connectivity index (χ3n) is 7.13. The molecule has 9 nitrogen and oxygen atoms in total. The van der Waals surface area contributed by atoms with Crippen molar-refractivity contribution in [3.05, 3.63) is 58.6 Å². The van der Waals surface area contributed by atoms with E-state index in [9.17, 15) is 14.9 Å². The van der Waals surface area contributed by atoms with E-state index in [2.05, 4.69) is 16.7 Å². The highest BCUT2D eigenvalue weighted by atomic mass is 16.6. The van der Waals surface area contributed by atoms with E-state index in [-0.39, 0.29) is 17.6 Å². The van der Waals surface area contributed by atoms with Crippen molar-refractivity contribution in [1.29, 1.82) is 5.26 Å². The van der Waals surface area contributed by atoms with Gasteiger partial charge >= 0.3 is 5.76 Å². The average Bonchev–Trinajstić information content (AvgIpc) is 3.00. The lowest BCUT2D eigenvalue weighted by Crippen LogP contribution is -2.58. The molecule has 2 aromatic carbocycles. The molecule has 2 N–H and O–H groups in total. The first kappa shape index (κ1) is 23.3. The number of benzene rings is 2. The molecule has 3 unspecified atom stereocenters. The molecule has 4 atom stereocenters. The number of rotatable bonds is 5. The van der Waals surface area contributed by atoms with E-state index in [1.165, 1.54) is 4.57 Å². The number of carbonyl (C=O) groups excluding carboxylic acids is 1. The molecule has 9 heteroatoms. The number of carbonyl (C=O) groups is 1. The summed E-state index contributed by atoms with van der Waals surface area (Å²) >= 11 is 0. The van der Waals surface area contributed by atoms with Crippen molar-refractivity contribution in [3.63, 3.8) is 0 Å². The summed E-state index contributed by atoms with van der Waals surface area (Å²) in [5.41, 5.74) is 3.76. The summed E-state index contributed by atoms with van der Waals surface area (Å²) in [7, 11) is 1.67. The van der Waals surface area contributed by atoms with Gasteiger partial charge < -0.3 is 24.5 Å². The van der Waals surface area contributed by atoms with Crippen LogP contribution in [0.15, 0.2) is 51.7 Å². The number of hydrogen-bond acceptors (Lipinski definition) is 7. The van der Waals surface area contributed by atoms with Crippen LogP contribution in [0.25, 0.3) is 22.2 Å². The number of nitrogens with zero attached hydrogens (tertiary/aromatic N) is 2. The molecule has 2 fully saturated rings. The first-order valence-electron chi connectivity index (χ1n) is 11.8. The van der Waals surface area contributed by atoms with Crippen molar-refractivity contribution >= 4 is 17.0 Å². The number of aryl methyl sites for hydroxylation is 1. The van der Waals surface area contributed by atoms with E-state index >= 15 is 0 Å². The third-order valence-corrected chi connectivity index (χ3v) is 7.13. The molecule has 0 radical (unpaired) electrons. The Morgan fingerprint density at radius 1 is 1.29 bits per heavy atom. The molecule has 2 aliphatic rings. The van der Waals surface area contributed by atoms with E-state index in [0.29, 0.717) is 31.8 Å². The quantitative estimate of drug-likeness (QED) is 0.577. The number of fused-ring (bicyclic) bond motifs is 1. The fraction of sp³-hybridized carbons (Fsp3) is 0.423. The van der Waals surface area contributed by atoms with Gasteiger partial charge in [0.2, 0.25) is 0 Å². The van der Waals surface area contributed by atoms with E-state index in [1.807, 2.05) is 43.3 Å². The Balaban J connectivity index is 1.22. The Morgan fingerprint density at radius 2 is 2.03 bits per heavy atom. The summed E-state index contributed by atoms with van der Waals surface area (Å²) in [5, 5.41) is 15.8. The zero-order chi connectivity index (χ0) is 24.6. The average molecular weight is 477 g/mol. The Kier molecular flexibility index (Phi) is 6.19. The Hall–Kier alpha value is -3.45. The minimum atomic E-state index is -0.677. The van der Waals surface area contributed by atoms with Crippen LogP contribution in [0.5, 0.6) is 0 Å². The number of amides is 1. The maximum Gasteiger partial charge on any atom is 0.419 e. The van der Waals surface area contributed by atoms with Crippen LogP contribution >= 0.6 is 0 Å². The summed E-state index contributed by atoms with van der Waals surface area (Å²) in [6, 6.07) is 15.0. The van der Waals surface area contributed by atoms with Crippen LogP contribution in [0.2, 0.25) is 0 Å². The van der Waals surface area contributed by atoms with Crippen LogP contribution in [0, 0.1) is 11.3 Å². The van der Waals surface area contributed by atoms with E-state index in [0.717, 1.165) is 28.6 Å². The van der Waals surface area contributed by atoms with Crippen molar-refractivity contribution in [2.45, 2.75) is 43.6 Å². The molecular weight excluding hydrogens is 448 g/mol. The number of nitrogens with one attached hydrogen (secondary N) is 2. The van der Waals surface area contributed by atoms with Crippen molar-refractivity contribution in [2.75, 3.05) is 19.8 Å². The van der Waals surface area contributed by atoms with Crippen LogP contribution in [-0.2, 0) is 27.7 Å². The minimum absolute atomic E-state index is 0.0958. The summed E-state index contributed by atoms with van der Waals surface area (Å²) < 4.78 is 18.3. The lowest BCUT2D eigenvalue weighted by atomic mass is 9.88. The number of oxazole rings is 1. The SMILES string of the molecule is CC1NCC(C(=O)NC(C#N)Cc2ccc(-c3ccc4oc(=O)n(C)c4c3)cc2)OC[C@@]12CCO2. The molecule has 1 amide bonds. The topological polar surface area (TPSA) is 119 Å². The minimum Gasteiger partial charge on any atom is -0.408 e. The molecule has 0 aliphatic carbocycles. The van der Waals surface area contributed by atoms with Gasteiger partial charge in [0, 0.05) is 32.5 Å². The van der Waals surface area contributed by atoms with Gasteiger partial charge in [-0.05, 0) is 35.7 Å². The van der Waals surface area contributed by atoms with Crippen molar-refractivity contribution in [1.82, 2.24) is 15.2 Å². The highest BCUT2D eigenvalue weighted by Crippen LogP contribution is 2.32. The van der Waals surface area contributed by atoms with Crippen LogP contribution in [-0.4, -0.2) is 54.0 Å². The third kappa shape index (κ3) is 4.48. The number of nitriles is 1. The van der Waals surface area contributed by atoms with Crippen LogP contribution in [0.3, 0.4) is 0 Å². The van der Waals surface area contributed by atoms with Gasteiger partial charge in [-0.15, -0.1) is 0 Å². The lowest BCUT2D eigenvalue weighted by molar-refractivity contribution is -0.192. The Labute approximate surface area is 202 Å². The van der Waals surface area contributed by atoms with Gasteiger partial charge in [-0.1, -0.05) is 30.3 Å². The zero-order valence-corrected chi connectivity index (χ0v) is 19.7. The molecular formula is C26H28N4O5. The van der Waals surface area contributed by atoms with Gasteiger partial charge in [-0.2, -0.15) is 5.26 Å². The normalized spacial score (nSPS) is 24.9. The molecule has 3 heterocycles. The van der Waals surface area contributed by atoms with Crippen molar-refractivity contribution < 1.29 is 18.7 Å². The van der Waals surface area contributed by atoms with Crippen molar-refractivity contribution in [3.8, 4) is 17.2 Å². The molecule has 2 saturated heterocycles. The molecule has 5 rings (SSSR count). The fourth-order valence-corrected chi connectivity index (χ4v) is 4.65. The monoisotopic (exact) mass is 476 g/mol. The van der Waals surface area contributed by atoms with Crippen molar-refractivity contribution in [2.24, 2.45) is 7.05 Å². The van der Waals surface area contributed by atoms with Gasteiger partial charge in [-0.25, -0.2) is 4.79 Å². The highest BCUT2D eigenvalue weighted by molar-refractivity contribution is 5.82. The summed E-state index contributed by atoms with van der Waals surface area (Å²) in [6.07, 6.45) is 0.606. The number of hydrogen-bond donors (Lipinski definition) is 2. The summed E-state index contributed by atoms with van der Waals surface area (Å²) in [6.45, 7) is 3.48. The molecule has 0 saturated carbocycles. The molecule has 0 bridgehead atoms. The fourth-order valence-electron chi connectivity index (χ4n) is 4.65. The second-order valence-electron chi connectivity index (χ2n) is 9.29. The Morgan fingerprint density at radius 3 is 2.71 bits per heavy atom. The van der Waals surface area contributed by atoms with E-state index in [4.69, 9.17) is 13.9 Å². The van der Waals surface area contributed by atoms with Gasteiger partial charge in [0.15, 0.2) is 5.58 Å². The maximum absolute atomic E-state index is 12.8. The summed E-state index contributed by atoms with van der Waals surface area (Å²) in [4.78, 5) is 24.5. The largest absolute Gasteiger partial charge is 0.419 e. The zero-order valence-electron chi connectivity index (χ0n) is 19.7. The van der Waals surface area contributed by atoms with Crippen LogP contribution in [0.1, 0.15) is 18.9 Å². The van der Waals surface area contributed by atoms with E-state index in [1.54, 1.807) is 13.1 Å². The van der Waals surface area contributed by atoms with Gasteiger partial charge in [0.1, 0.15) is 17.7 Å². The molecule has 2 aliphatic heterocycles. The molecule has 1 aromatic heterocycles. The maximum atomic E-state index is 12.8. The molecule has 1 spiro atoms. The predicted octanol–water partition coefficient (Wildman–Crippen LogP) is 1.89. The highest BCUT2D eigenvalue weighted by Gasteiger charge is 2.46. The number of ether oxygens (including phenoxy) is 2. The van der Waals surface area contributed by atoms with Crippen LogP contribution in [0.4, 0.5) is 0 Å². The summed E-state index contributed by atoms with van der Waals surface area (Å²) in [5.74, 6) is -0.698. The number of aromatic nitrogens is 1. The second kappa shape index (κ2) is 9.30. The molecule has 3 aromatic rings. The predicted molar refractivity (Wildman–Crippen MR) is 129 cm³/mol. The van der Waals surface area contributed by atoms with Gasteiger partial charge in [0.25, 0.3) is 5.91 Å². The Bertz CT molecular complexity index is 1330. The first-order chi connectivity index (χ1) is 16.9. The van der Waals surface area contributed by atoms with E-state index < -0.39 is 17.9 Å². The molecule has 182 valence electrons. The second-order valence-corrected chi connectivity index (χ2v) is 9.29. The smallest absolute Gasteiger partial charge is 0.408 e.